The molecule has 1 aromatic carbocycles. The summed E-state index contributed by atoms with van der Waals surface area (Å²) in [5, 5.41) is 2.78. The summed E-state index contributed by atoms with van der Waals surface area (Å²) in [4.78, 5) is 29.6. The quantitative estimate of drug-likeness (QED) is 0.632. The number of amides is 2. The van der Waals surface area contributed by atoms with Crippen molar-refractivity contribution >= 4 is 45.8 Å². The largest absolute Gasteiger partial charge is 0.358 e. The lowest BCUT2D eigenvalue weighted by atomic mass is 10.3. The van der Waals surface area contributed by atoms with Gasteiger partial charge >= 0.3 is 0 Å². The molecular formula is C19H28FN4O2S2+. The molecule has 2 amide bonds. The monoisotopic (exact) mass is 427 g/mol. The molecule has 6 nitrogen and oxygen atoms in total. The molecule has 1 heterocycles. The summed E-state index contributed by atoms with van der Waals surface area (Å²) in [7, 11) is 0. The van der Waals surface area contributed by atoms with Crippen LogP contribution in [0.1, 0.15) is 13.8 Å². The zero-order valence-electron chi connectivity index (χ0n) is 16.4. The third-order valence-corrected chi connectivity index (χ3v) is 6.21. The van der Waals surface area contributed by atoms with Gasteiger partial charge in [-0.2, -0.15) is 0 Å². The number of thioether (sulfide) groups is 1. The van der Waals surface area contributed by atoms with Crippen molar-refractivity contribution in [3.63, 3.8) is 0 Å². The van der Waals surface area contributed by atoms with Gasteiger partial charge in [-0.3, -0.25) is 9.59 Å². The van der Waals surface area contributed by atoms with Crippen LogP contribution < -0.4 is 10.2 Å². The molecule has 0 atom stereocenters. The minimum absolute atomic E-state index is 0.0920. The lowest BCUT2D eigenvalue weighted by molar-refractivity contribution is -0.895. The van der Waals surface area contributed by atoms with Crippen LogP contribution in [0, 0.1) is 5.82 Å². The minimum atomic E-state index is -0.333. The first-order valence-corrected chi connectivity index (χ1v) is 10.9. The van der Waals surface area contributed by atoms with Gasteiger partial charge < -0.3 is 20.0 Å². The molecule has 0 bridgehead atoms. The Morgan fingerprint density at radius 3 is 2.39 bits per heavy atom. The first-order chi connectivity index (χ1) is 13.4. The van der Waals surface area contributed by atoms with Gasteiger partial charge in [0.1, 0.15) is 10.1 Å². The van der Waals surface area contributed by atoms with E-state index >= 15 is 0 Å². The highest BCUT2D eigenvalue weighted by molar-refractivity contribution is 8.23. The molecule has 1 fully saturated rings. The zero-order chi connectivity index (χ0) is 20.5. The molecule has 1 aliphatic heterocycles. The Balaban J connectivity index is 1.70. The number of carbonyl (C=O) groups is 2. The summed E-state index contributed by atoms with van der Waals surface area (Å²) in [5.41, 5.74) is 0.584. The SMILES string of the molecule is CCN(CC)C(=S)SCC(=O)N1CC[NH+](CC(=O)Nc2ccc(F)cc2)CC1. The molecule has 0 aliphatic carbocycles. The van der Waals surface area contributed by atoms with Gasteiger partial charge in [-0.1, -0.05) is 24.0 Å². The first kappa shape index (κ1) is 22.6. The van der Waals surface area contributed by atoms with Crippen LogP contribution in [0.4, 0.5) is 10.1 Å². The Morgan fingerprint density at radius 2 is 1.82 bits per heavy atom. The topological polar surface area (TPSA) is 57.1 Å². The maximum Gasteiger partial charge on any atom is 0.279 e. The number of rotatable bonds is 7. The lowest BCUT2D eigenvalue weighted by Crippen LogP contribution is -3.15. The third-order valence-electron chi connectivity index (χ3n) is 4.70. The first-order valence-electron chi connectivity index (χ1n) is 9.51. The Morgan fingerprint density at radius 1 is 1.21 bits per heavy atom. The van der Waals surface area contributed by atoms with Crippen LogP contribution in [-0.4, -0.2) is 77.5 Å². The molecule has 0 spiro atoms. The Labute approximate surface area is 175 Å². The number of thiocarbonyl (C=S) groups is 1. The van der Waals surface area contributed by atoms with E-state index < -0.39 is 0 Å². The molecule has 2 N–H and O–H groups in total. The normalized spacial score (nSPS) is 14.6. The van der Waals surface area contributed by atoms with Crippen LogP contribution in [-0.2, 0) is 9.59 Å². The second-order valence-corrected chi connectivity index (χ2v) is 8.20. The van der Waals surface area contributed by atoms with Crippen molar-refractivity contribution in [2.45, 2.75) is 13.8 Å². The summed E-state index contributed by atoms with van der Waals surface area (Å²) in [6, 6.07) is 5.71. The van der Waals surface area contributed by atoms with Crippen molar-refractivity contribution in [2.75, 3.05) is 56.9 Å². The summed E-state index contributed by atoms with van der Waals surface area (Å²) < 4.78 is 13.7. The number of quaternary nitrogens is 1. The predicted octanol–water partition coefficient (Wildman–Crippen LogP) is 0.851. The van der Waals surface area contributed by atoms with Crippen LogP contribution in [0.2, 0.25) is 0 Å². The van der Waals surface area contributed by atoms with Crippen molar-refractivity contribution in [1.29, 1.82) is 0 Å². The van der Waals surface area contributed by atoms with Crippen LogP contribution in [0.15, 0.2) is 24.3 Å². The van der Waals surface area contributed by atoms with Gasteiger partial charge in [0.05, 0.1) is 31.9 Å². The molecule has 0 radical (unpaired) electrons. The van der Waals surface area contributed by atoms with E-state index in [0.717, 1.165) is 35.4 Å². The van der Waals surface area contributed by atoms with Crippen LogP contribution in [0.3, 0.4) is 0 Å². The van der Waals surface area contributed by atoms with Gasteiger partial charge in [0.2, 0.25) is 5.91 Å². The minimum Gasteiger partial charge on any atom is -0.358 e. The van der Waals surface area contributed by atoms with E-state index in [1.165, 1.54) is 23.9 Å². The van der Waals surface area contributed by atoms with Crippen molar-refractivity contribution in [2.24, 2.45) is 0 Å². The van der Waals surface area contributed by atoms with E-state index in [1.807, 2.05) is 18.7 Å². The van der Waals surface area contributed by atoms with E-state index in [-0.39, 0.29) is 17.6 Å². The average molecular weight is 428 g/mol. The number of nitrogens with one attached hydrogen (secondary N) is 2. The van der Waals surface area contributed by atoms with Gasteiger partial charge in [0.15, 0.2) is 6.54 Å². The van der Waals surface area contributed by atoms with E-state index in [2.05, 4.69) is 10.2 Å². The highest BCUT2D eigenvalue weighted by Gasteiger charge is 2.25. The van der Waals surface area contributed by atoms with E-state index in [0.29, 0.717) is 31.1 Å². The molecule has 2 rings (SSSR count). The molecule has 0 unspecified atom stereocenters. The van der Waals surface area contributed by atoms with Gasteiger partial charge in [0.25, 0.3) is 5.91 Å². The van der Waals surface area contributed by atoms with Gasteiger partial charge in [-0.15, -0.1) is 0 Å². The van der Waals surface area contributed by atoms with Crippen molar-refractivity contribution in [3.05, 3.63) is 30.1 Å². The molecule has 9 heteroatoms. The summed E-state index contributed by atoms with van der Waals surface area (Å²) in [6.45, 7) is 8.85. The number of hydrogen-bond acceptors (Lipinski definition) is 4. The number of anilines is 1. The predicted molar refractivity (Wildman–Crippen MR) is 115 cm³/mol. The van der Waals surface area contributed by atoms with Gasteiger partial charge in [-0.25, -0.2) is 4.39 Å². The van der Waals surface area contributed by atoms with Crippen molar-refractivity contribution in [1.82, 2.24) is 9.80 Å². The van der Waals surface area contributed by atoms with E-state index in [1.54, 1.807) is 12.1 Å². The maximum absolute atomic E-state index is 12.9. The summed E-state index contributed by atoms with van der Waals surface area (Å²) in [5.74, 6) is 0.00619. The fourth-order valence-corrected chi connectivity index (χ4v) is 4.31. The molecule has 28 heavy (non-hydrogen) atoms. The number of hydrogen-bond donors (Lipinski definition) is 2. The smallest absolute Gasteiger partial charge is 0.279 e. The number of halogens is 1. The molecule has 0 saturated carbocycles. The number of carbonyl (C=O) groups excluding carboxylic acids is 2. The average Bonchev–Trinajstić information content (AvgIpc) is 2.69. The Kier molecular flexibility index (Phi) is 9.14. The highest BCUT2D eigenvalue weighted by atomic mass is 32.2. The third kappa shape index (κ3) is 7.03. The van der Waals surface area contributed by atoms with E-state index in [4.69, 9.17) is 12.2 Å². The van der Waals surface area contributed by atoms with E-state index in [9.17, 15) is 14.0 Å². The summed E-state index contributed by atoms with van der Waals surface area (Å²) >= 11 is 6.79. The fraction of sp³-hybridized carbons (Fsp3) is 0.526. The van der Waals surface area contributed by atoms with Gasteiger partial charge in [-0.05, 0) is 38.1 Å². The number of nitrogens with zero attached hydrogens (tertiary/aromatic N) is 2. The van der Waals surface area contributed by atoms with Crippen molar-refractivity contribution in [3.8, 4) is 0 Å². The van der Waals surface area contributed by atoms with Crippen LogP contribution >= 0.6 is 24.0 Å². The molecule has 1 aliphatic rings. The maximum atomic E-state index is 12.9. The molecule has 0 aromatic heterocycles. The fourth-order valence-electron chi connectivity index (χ4n) is 3.00. The second kappa shape index (κ2) is 11.3. The Hall–Kier alpha value is -1.71. The highest BCUT2D eigenvalue weighted by Crippen LogP contribution is 2.11. The van der Waals surface area contributed by atoms with Crippen molar-refractivity contribution < 1.29 is 18.9 Å². The molecule has 1 aromatic rings. The molecular weight excluding hydrogens is 399 g/mol. The Bertz CT molecular complexity index is 675. The number of benzene rings is 1. The lowest BCUT2D eigenvalue weighted by Gasteiger charge is -2.32. The van der Waals surface area contributed by atoms with Gasteiger partial charge in [0, 0.05) is 18.8 Å². The zero-order valence-corrected chi connectivity index (χ0v) is 18.0. The molecule has 154 valence electrons. The second-order valence-electron chi connectivity index (χ2n) is 6.59. The number of piperazine rings is 1. The molecule has 1 saturated heterocycles. The summed E-state index contributed by atoms with van der Waals surface area (Å²) in [6.07, 6.45) is 0. The van der Waals surface area contributed by atoms with Crippen LogP contribution in [0.25, 0.3) is 0 Å². The van der Waals surface area contributed by atoms with Crippen LogP contribution in [0.5, 0.6) is 0 Å². The standard InChI is InChI=1S/C19H27FN4O2S2/c1-3-23(4-2)19(27)28-14-18(26)24-11-9-22(10-12-24)13-17(25)21-16-7-5-15(20)6-8-16/h5-8H,3-4,9-14H2,1-2H3,(H,21,25)/p+1.